The van der Waals surface area contributed by atoms with E-state index in [0.717, 1.165) is 24.8 Å². The molecule has 222 valence electrons. The summed E-state index contributed by atoms with van der Waals surface area (Å²) in [6, 6.07) is 10.2. The standard InChI is InChI=1S/C32H47NO7/c1-6-38-22-28(24(5)34)29(40-8-3)19-23(4)18-26(17-13-12-16-25-14-10-9-11-15-25)30(35)33-32(31(36)37)20-27(21-32)39-7-2/h9-11,14-15,19,26-27H,6-8,12-13,16-18,20-22H2,1-5H3,(H,33,35)(H,36,37)/b23-19+,29-28-. The molecular weight excluding hydrogens is 510 g/mol. The number of hydrogen-bond acceptors (Lipinski definition) is 6. The van der Waals surface area contributed by atoms with Gasteiger partial charge in [0.25, 0.3) is 0 Å². The van der Waals surface area contributed by atoms with Crippen LogP contribution in [0.1, 0.15) is 78.7 Å². The minimum absolute atomic E-state index is 0.131. The number of carboxylic acids is 1. The van der Waals surface area contributed by atoms with Crippen molar-refractivity contribution in [2.24, 2.45) is 5.92 Å². The zero-order valence-electron chi connectivity index (χ0n) is 24.8. The summed E-state index contributed by atoms with van der Waals surface area (Å²) >= 11 is 0. The maximum atomic E-state index is 13.6. The lowest BCUT2D eigenvalue weighted by Crippen LogP contribution is -2.65. The molecule has 8 nitrogen and oxygen atoms in total. The van der Waals surface area contributed by atoms with Crippen molar-refractivity contribution in [2.45, 2.75) is 91.2 Å². The molecule has 1 aromatic rings. The number of allylic oxidation sites excluding steroid dienone is 2. The zero-order valence-corrected chi connectivity index (χ0v) is 24.8. The van der Waals surface area contributed by atoms with E-state index in [2.05, 4.69) is 17.4 Å². The first-order chi connectivity index (χ1) is 19.2. The molecule has 1 saturated carbocycles. The molecule has 2 rings (SSSR count). The fraction of sp³-hybridized carbons (Fsp3) is 0.594. The summed E-state index contributed by atoms with van der Waals surface area (Å²) < 4.78 is 16.9. The van der Waals surface area contributed by atoms with Gasteiger partial charge in [-0.1, -0.05) is 42.3 Å². The van der Waals surface area contributed by atoms with E-state index >= 15 is 0 Å². The summed E-state index contributed by atoms with van der Waals surface area (Å²) in [5.41, 5.74) is 1.27. The zero-order chi connectivity index (χ0) is 29.5. The Kier molecular flexibility index (Phi) is 14.1. The fourth-order valence-corrected chi connectivity index (χ4v) is 5.02. The molecule has 2 N–H and O–H groups in total. The first kappa shape index (κ1) is 33.2. The van der Waals surface area contributed by atoms with Crippen molar-refractivity contribution in [3.8, 4) is 0 Å². The van der Waals surface area contributed by atoms with Gasteiger partial charge in [-0.2, -0.15) is 0 Å². The molecule has 40 heavy (non-hydrogen) atoms. The number of carbonyl (C=O) groups excluding carboxylic acids is 2. The molecule has 0 aliphatic heterocycles. The third kappa shape index (κ3) is 10.2. The number of Topliss-reactive ketones (excluding diaryl/α,β-unsaturated/α-hetero) is 1. The normalized spacial score (nSPS) is 20.2. The van der Waals surface area contributed by atoms with Crippen LogP contribution < -0.4 is 5.32 Å². The second-order valence-corrected chi connectivity index (χ2v) is 10.5. The minimum atomic E-state index is -1.30. The van der Waals surface area contributed by atoms with Crippen LogP contribution in [0.4, 0.5) is 0 Å². The molecule has 1 fully saturated rings. The number of nitrogens with one attached hydrogen (secondary N) is 1. The van der Waals surface area contributed by atoms with Gasteiger partial charge in [0.15, 0.2) is 5.78 Å². The topological polar surface area (TPSA) is 111 Å². The average Bonchev–Trinajstić information content (AvgIpc) is 2.89. The smallest absolute Gasteiger partial charge is 0.329 e. The molecule has 1 aromatic carbocycles. The average molecular weight is 558 g/mol. The number of unbranched alkanes of at least 4 members (excludes halogenated alkanes) is 1. The van der Waals surface area contributed by atoms with Gasteiger partial charge in [-0.15, -0.1) is 0 Å². The monoisotopic (exact) mass is 557 g/mol. The van der Waals surface area contributed by atoms with Gasteiger partial charge in [0.1, 0.15) is 11.3 Å². The number of aryl methyl sites for hydroxylation is 1. The lowest BCUT2D eigenvalue weighted by atomic mass is 9.73. The van der Waals surface area contributed by atoms with Crippen molar-refractivity contribution in [3.05, 3.63) is 58.9 Å². The Balaban J connectivity index is 2.22. The molecule has 0 bridgehead atoms. The number of benzene rings is 1. The highest BCUT2D eigenvalue weighted by atomic mass is 16.5. The summed E-state index contributed by atoms with van der Waals surface area (Å²) in [6.45, 7) is 10.5. The van der Waals surface area contributed by atoms with Crippen LogP contribution in [0.15, 0.2) is 53.3 Å². The molecule has 0 radical (unpaired) electrons. The predicted molar refractivity (Wildman–Crippen MR) is 155 cm³/mol. The third-order valence-corrected chi connectivity index (χ3v) is 7.23. The van der Waals surface area contributed by atoms with Crippen LogP contribution in [0.3, 0.4) is 0 Å². The molecule has 1 unspecified atom stereocenters. The van der Waals surface area contributed by atoms with Crippen LogP contribution in [0.5, 0.6) is 0 Å². The van der Waals surface area contributed by atoms with Crippen LogP contribution in [-0.2, 0) is 35.0 Å². The van der Waals surface area contributed by atoms with Gasteiger partial charge in [0, 0.05) is 32.0 Å². The largest absolute Gasteiger partial charge is 0.493 e. The molecule has 0 aromatic heterocycles. The second kappa shape index (κ2) is 17.0. The first-order valence-corrected chi connectivity index (χ1v) is 14.5. The maximum absolute atomic E-state index is 13.6. The Labute approximate surface area is 239 Å². The Morgan fingerprint density at radius 2 is 1.75 bits per heavy atom. The van der Waals surface area contributed by atoms with E-state index in [-0.39, 0.29) is 37.2 Å². The minimum Gasteiger partial charge on any atom is -0.493 e. The van der Waals surface area contributed by atoms with Gasteiger partial charge >= 0.3 is 5.97 Å². The predicted octanol–water partition coefficient (Wildman–Crippen LogP) is 5.41. The summed E-state index contributed by atoms with van der Waals surface area (Å²) in [4.78, 5) is 38.0. The Hall–Kier alpha value is -2.97. The maximum Gasteiger partial charge on any atom is 0.329 e. The fourth-order valence-electron chi connectivity index (χ4n) is 5.02. The number of ether oxygens (including phenoxy) is 3. The molecule has 0 spiro atoms. The van der Waals surface area contributed by atoms with Gasteiger partial charge in [0.05, 0.1) is 24.9 Å². The number of amides is 1. The Bertz CT molecular complexity index is 1020. The van der Waals surface area contributed by atoms with Gasteiger partial charge in [-0.25, -0.2) is 4.79 Å². The summed E-state index contributed by atoms with van der Waals surface area (Å²) in [5.74, 6) is -1.41. The summed E-state index contributed by atoms with van der Waals surface area (Å²) in [6.07, 6.45) is 5.84. The number of carboxylic acid groups (broad SMARTS) is 1. The third-order valence-electron chi connectivity index (χ3n) is 7.23. The highest BCUT2D eigenvalue weighted by Crippen LogP contribution is 2.36. The van der Waals surface area contributed by atoms with Crippen LogP contribution in [0.2, 0.25) is 0 Å². The quantitative estimate of drug-likeness (QED) is 0.101. The van der Waals surface area contributed by atoms with Crippen molar-refractivity contribution in [1.82, 2.24) is 5.32 Å². The van der Waals surface area contributed by atoms with Gasteiger partial charge in [-0.3, -0.25) is 9.59 Å². The lowest BCUT2D eigenvalue weighted by Gasteiger charge is -2.44. The lowest BCUT2D eigenvalue weighted by molar-refractivity contribution is -0.161. The molecule has 1 atom stereocenters. The van der Waals surface area contributed by atoms with Crippen molar-refractivity contribution in [1.29, 1.82) is 0 Å². The SMILES string of the molecule is CCOC/C(C(C)=O)=C(\C=C(/C)CC(CCCCc1ccccc1)C(=O)NC1(C(=O)O)CC(OCC)C1)OCC. The molecule has 8 heteroatoms. The van der Waals surface area contributed by atoms with Gasteiger partial charge in [0.2, 0.25) is 5.91 Å². The summed E-state index contributed by atoms with van der Waals surface area (Å²) in [5, 5.41) is 12.8. The molecule has 1 aliphatic rings. The van der Waals surface area contributed by atoms with E-state index in [1.165, 1.54) is 12.5 Å². The number of carbonyl (C=O) groups is 3. The van der Waals surface area contributed by atoms with E-state index in [4.69, 9.17) is 14.2 Å². The Morgan fingerprint density at radius 3 is 2.33 bits per heavy atom. The van der Waals surface area contributed by atoms with Crippen LogP contribution in [-0.4, -0.2) is 60.8 Å². The van der Waals surface area contributed by atoms with E-state index in [1.54, 1.807) is 0 Å². The summed E-state index contributed by atoms with van der Waals surface area (Å²) in [7, 11) is 0. The van der Waals surface area contributed by atoms with Crippen LogP contribution in [0, 0.1) is 5.92 Å². The number of ketones is 1. The first-order valence-electron chi connectivity index (χ1n) is 14.5. The highest BCUT2D eigenvalue weighted by Gasteiger charge is 2.52. The Morgan fingerprint density at radius 1 is 1.05 bits per heavy atom. The van der Waals surface area contributed by atoms with Gasteiger partial charge in [-0.05, 0) is 71.9 Å². The molecule has 1 aliphatic carbocycles. The van der Waals surface area contributed by atoms with E-state index in [0.29, 0.717) is 44.0 Å². The molecular formula is C32H47NO7. The van der Waals surface area contributed by atoms with Crippen LogP contribution in [0.25, 0.3) is 0 Å². The van der Waals surface area contributed by atoms with Gasteiger partial charge < -0.3 is 24.6 Å². The van der Waals surface area contributed by atoms with E-state index in [1.807, 2.05) is 52.0 Å². The molecule has 1 amide bonds. The van der Waals surface area contributed by atoms with E-state index < -0.39 is 17.4 Å². The second-order valence-electron chi connectivity index (χ2n) is 10.5. The highest BCUT2D eigenvalue weighted by molar-refractivity contribution is 5.94. The number of hydrogen-bond donors (Lipinski definition) is 2. The van der Waals surface area contributed by atoms with Crippen LogP contribution >= 0.6 is 0 Å². The number of aliphatic carboxylic acids is 1. The van der Waals surface area contributed by atoms with Crippen molar-refractivity contribution < 1.29 is 33.7 Å². The molecule has 0 heterocycles. The van der Waals surface area contributed by atoms with E-state index in [9.17, 15) is 19.5 Å². The van der Waals surface area contributed by atoms with Crippen molar-refractivity contribution in [3.63, 3.8) is 0 Å². The number of rotatable bonds is 19. The van der Waals surface area contributed by atoms with Crippen molar-refractivity contribution >= 4 is 17.7 Å². The van der Waals surface area contributed by atoms with Crippen molar-refractivity contribution in [2.75, 3.05) is 26.4 Å². The molecule has 0 saturated heterocycles.